The first-order valence-electron chi connectivity index (χ1n) is 7.32. The highest BCUT2D eigenvalue weighted by atomic mass is 32.2. The number of carboxylic acids is 1. The van der Waals surface area contributed by atoms with E-state index in [4.69, 9.17) is 14.6 Å². The second-order valence-electron chi connectivity index (χ2n) is 5.47. The summed E-state index contributed by atoms with van der Waals surface area (Å²) in [6.07, 6.45) is -0.0741. The Kier molecular flexibility index (Phi) is 4.53. The van der Waals surface area contributed by atoms with E-state index in [0.717, 1.165) is 18.2 Å². The maximum Gasteiger partial charge on any atom is 0.337 e. The van der Waals surface area contributed by atoms with E-state index in [1.54, 1.807) is 18.2 Å². The molecule has 0 spiro atoms. The molecule has 0 bridgehead atoms. The summed E-state index contributed by atoms with van der Waals surface area (Å²) in [6, 6.07) is 8.11. The van der Waals surface area contributed by atoms with Gasteiger partial charge in [0.1, 0.15) is 0 Å². The van der Waals surface area contributed by atoms with Crippen molar-refractivity contribution in [1.29, 1.82) is 0 Å². The van der Waals surface area contributed by atoms with Crippen LogP contribution in [0.3, 0.4) is 0 Å². The number of sulfonamides is 1. The van der Waals surface area contributed by atoms with Gasteiger partial charge in [-0.15, -0.1) is 0 Å². The fourth-order valence-corrected chi connectivity index (χ4v) is 2.96. The monoisotopic (exact) mass is 378 g/mol. The largest absolute Gasteiger partial charge is 0.478 e. The highest BCUT2D eigenvalue weighted by molar-refractivity contribution is 7.89. The van der Waals surface area contributed by atoms with Gasteiger partial charge in [0.05, 0.1) is 22.6 Å². The molecule has 26 heavy (non-hydrogen) atoms. The highest BCUT2D eigenvalue weighted by Gasteiger charge is 2.18. The minimum atomic E-state index is -4.04. The zero-order chi connectivity index (χ0) is 18.9. The zero-order valence-electron chi connectivity index (χ0n) is 13.3. The summed E-state index contributed by atoms with van der Waals surface area (Å²) in [5.74, 6) is -0.761. The number of nitrogens with two attached hydrogens (primary N) is 1. The van der Waals surface area contributed by atoms with Gasteiger partial charge in [0.15, 0.2) is 11.5 Å². The molecule has 0 atom stereocenters. The molecule has 1 aliphatic rings. The number of hydrogen-bond acceptors (Lipinski definition) is 6. The average molecular weight is 378 g/mol. The van der Waals surface area contributed by atoms with Crippen LogP contribution in [0.15, 0.2) is 41.3 Å². The Hall–Kier alpha value is -3.11. The molecule has 0 fully saturated rings. The second-order valence-corrected chi connectivity index (χ2v) is 7.03. The van der Waals surface area contributed by atoms with Gasteiger partial charge in [-0.05, 0) is 35.9 Å². The zero-order valence-corrected chi connectivity index (χ0v) is 14.1. The Morgan fingerprint density at radius 3 is 2.54 bits per heavy atom. The van der Waals surface area contributed by atoms with Crippen molar-refractivity contribution in [2.75, 3.05) is 12.1 Å². The standard InChI is InChI=1S/C16H14N2O7S/c17-26(22,23)10-2-3-11(16(20)21)12(7-10)18-15(19)6-9-1-4-13-14(5-9)25-8-24-13/h1-5,7H,6,8H2,(H,18,19)(H,20,21)(H2,17,22,23). The normalized spacial score (nSPS) is 12.7. The topological polar surface area (TPSA) is 145 Å². The van der Waals surface area contributed by atoms with Gasteiger partial charge in [0.25, 0.3) is 0 Å². The summed E-state index contributed by atoms with van der Waals surface area (Å²) in [6.45, 7) is 0.104. The first-order chi connectivity index (χ1) is 12.2. The minimum absolute atomic E-state index is 0.0741. The van der Waals surface area contributed by atoms with Crippen LogP contribution in [0.1, 0.15) is 15.9 Å². The van der Waals surface area contributed by atoms with Crippen molar-refractivity contribution in [3.8, 4) is 11.5 Å². The van der Waals surface area contributed by atoms with Crippen LogP contribution in [0.4, 0.5) is 5.69 Å². The molecule has 3 rings (SSSR count). The number of nitrogens with one attached hydrogen (secondary N) is 1. The Bertz CT molecular complexity index is 1000. The Labute approximate surface area is 148 Å². The lowest BCUT2D eigenvalue weighted by atomic mass is 10.1. The third-order valence-electron chi connectivity index (χ3n) is 3.63. The number of benzene rings is 2. The minimum Gasteiger partial charge on any atom is -0.478 e. The fraction of sp³-hybridized carbons (Fsp3) is 0.125. The van der Waals surface area contributed by atoms with E-state index >= 15 is 0 Å². The lowest BCUT2D eigenvalue weighted by molar-refractivity contribution is -0.115. The number of hydrogen-bond donors (Lipinski definition) is 3. The van der Waals surface area contributed by atoms with Gasteiger partial charge in [-0.2, -0.15) is 0 Å². The number of primary sulfonamides is 1. The van der Waals surface area contributed by atoms with Gasteiger partial charge >= 0.3 is 5.97 Å². The summed E-state index contributed by atoms with van der Waals surface area (Å²) in [4.78, 5) is 23.2. The molecule has 136 valence electrons. The van der Waals surface area contributed by atoms with Crippen LogP contribution in [0, 0.1) is 0 Å². The number of carbonyl (C=O) groups is 2. The van der Waals surface area contributed by atoms with E-state index in [2.05, 4.69) is 5.32 Å². The Morgan fingerprint density at radius 1 is 1.12 bits per heavy atom. The Morgan fingerprint density at radius 2 is 1.85 bits per heavy atom. The van der Waals surface area contributed by atoms with Crippen LogP contribution in [0.25, 0.3) is 0 Å². The van der Waals surface area contributed by atoms with Gasteiger partial charge in [-0.3, -0.25) is 4.79 Å². The van der Waals surface area contributed by atoms with E-state index in [1.165, 1.54) is 0 Å². The molecule has 0 radical (unpaired) electrons. The fourth-order valence-electron chi connectivity index (χ4n) is 2.42. The number of ether oxygens (including phenoxy) is 2. The van der Waals surface area contributed by atoms with Gasteiger partial charge in [-0.1, -0.05) is 6.07 Å². The number of anilines is 1. The SMILES string of the molecule is NS(=O)(=O)c1ccc(C(=O)O)c(NC(=O)Cc2ccc3c(c2)OCO3)c1. The van der Waals surface area contributed by atoms with Crippen molar-refractivity contribution in [3.63, 3.8) is 0 Å². The first-order valence-corrected chi connectivity index (χ1v) is 8.87. The average Bonchev–Trinajstić information content (AvgIpc) is 3.01. The van der Waals surface area contributed by atoms with E-state index in [9.17, 15) is 23.1 Å². The maximum absolute atomic E-state index is 12.3. The van der Waals surface area contributed by atoms with Crippen molar-refractivity contribution in [1.82, 2.24) is 0 Å². The predicted octanol–water partition coefficient (Wildman–Crippen LogP) is 0.942. The summed E-state index contributed by atoms with van der Waals surface area (Å²) < 4.78 is 33.3. The van der Waals surface area contributed by atoms with E-state index < -0.39 is 21.9 Å². The van der Waals surface area contributed by atoms with E-state index in [-0.39, 0.29) is 29.4 Å². The predicted molar refractivity (Wildman–Crippen MR) is 89.7 cm³/mol. The molecule has 4 N–H and O–H groups in total. The van der Waals surface area contributed by atoms with Crippen molar-refractivity contribution in [2.24, 2.45) is 5.14 Å². The van der Waals surface area contributed by atoms with Crippen LogP contribution < -0.4 is 19.9 Å². The van der Waals surface area contributed by atoms with Crippen LogP contribution in [-0.2, 0) is 21.2 Å². The third kappa shape index (κ3) is 3.76. The Balaban J connectivity index is 1.83. The summed E-state index contributed by atoms with van der Waals surface area (Å²) in [7, 11) is -4.04. The van der Waals surface area contributed by atoms with Crippen LogP contribution in [0.2, 0.25) is 0 Å². The molecule has 1 heterocycles. The van der Waals surface area contributed by atoms with Gasteiger partial charge in [0, 0.05) is 0 Å². The molecule has 0 saturated heterocycles. The molecule has 2 aromatic rings. The number of carbonyl (C=O) groups excluding carboxylic acids is 1. The molecule has 0 aliphatic carbocycles. The highest BCUT2D eigenvalue weighted by Crippen LogP contribution is 2.32. The number of fused-ring (bicyclic) bond motifs is 1. The molecular formula is C16H14N2O7S. The van der Waals surface area contributed by atoms with Crippen molar-refractivity contribution < 1.29 is 32.6 Å². The quantitative estimate of drug-likeness (QED) is 0.702. The van der Waals surface area contributed by atoms with Crippen LogP contribution in [0.5, 0.6) is 11.5 Å². The first kappa shape index (κ1) is 17.7. The molecule has 0 saturated carbocycles. The molecule has 2 aromatic carbocycles. The number of amides is 1. The molecule has 1 aliphatic heterocycles. The summed E-state index contributed by atoms with van der Waals surface area (Å²) in [5.41, 5.74) is 0.206. The summed E-state index contributed by atoms with van der Waals surface area (Å²) >= 11 is 0. The third-order valence-corrected chi connectivity index (χ3v) is 4.54. The van der Waals surface area contributed by atoms with E-state index in [0.29, 0.717) is 17.1 Å². The van der Waals surface area contributed by atoms with Crippen molar-refractivity contribution in [3.05, 3.63) is 47.5 Å². The second kappa shape index (κ2) is 6.65. The molecule has 1 amide bonds. The smallest absolute Gasteiger partial charge is 0.337 e. The molecule has 0 aromatic heterocycles. The lowest BCUT2D eigenvalue weighted by Crippen LogP contribution is -2.18. The number of aromatic carboxylic acids is 1. The van der Waals surface area contributed by atoms with E-state index in [1.807, 2.05) is 0 Å². The van der Waals surface area contributed by atoms with Gasteiger partial charge < -0.3 is 19.9 Å². The lowest BCUT2D eigenvalue weighted by Gasteiger charge is -2.10. The molecule has 0 unspecified atom stereocenters. The van der Waals surface area contributed by atoms with Crippen molar-refractivity contribution >= 4 is 27.6 Å². The summed E-state index contributed by atoms with van der Waals surface area (Å²) in [5, 5.41) is 16.7. The number of carboxylic acid groups (broad SMARTS) is 1. The van der Waals surface area contributed by atoms with Crippen LogP contribution >= 0.6 is 0 Å². The van der Waals surface area contributed by atoms with Gasteiger partial charge in [-0.25, -0.2) is 18.4 Å². The molecule has 10 heteroatoms. The number of rotatable bonds is 5. The van der Waals surface area contributed by atoms with Crippen LogP contribution in [-0.4, -0.2) is 32.2 Å². The van der Waals surface area contributed by atoms with Crippen molar-refractivity contribution in [2.45, 2.75) is 11.3 Å². The molecule has 9 nitrogen and oxygen atoms in total. The maximum atomic E-state index is 12.3. The van der Waals surface area contributed by atoms with Gasteiger partial charge in [0.2, 0.25) is 22.7 Å². The molecular weight excluding hydrogens is 364 g/mol.